The molecule has 5 rings (SSSR count). The minimum Gasteiger partial charge on any atom is -0.423 e. The molecule has 4 aromatic heterocycles. The van der Waals surface area contributed by atoms with Gasteiger partial charge in [0.05, 0.1) is 16.1 Å². The SMILES string of the molecule is C#Cc1cc(C)c(-c2c(-c3ccc(Oc4nccc(C)n4)c(Cl)c3)c3c(N)ncnc3n2C)cn1. The summed E-state index contributed by atoms with van der Waals surface area (Å²) in [5, 5.41) is 1.11. The van der Waals surface area contributed by atoms with Crippen LogP contribution in [0.25, 0.3) is 33.4 Å². The van der Waals surface area contributed by atoms with Gasteiger partial charge in [0, 0.05) is 36.3 Å². The summed E-state index contributed by atoms with van der Waals surface area (Å²) in [6.07, 6.45) is 10.4. The molecule has 35 heavy (non-hydrogen) atoms. The maximum Gasteiger partial charge on any atom is 0.322 e. The normalized spacial score (nSPS) is 10.9. The first kappa shape index (κ1) is 22.3. The lowest BCUT2D eigenvalue weighted by Gasteiger charge is -2.13. The van der Waals surface area contributed by atoms with Crippen molar-refractivity contribution < 1.29 is 4.74 Å². The zero-order valence-electron chi connectivity index (χ0n) is 19.2. The number of aryl methyl sites for hydroxylation is 3. The number of ether oxygens (including phenoxy) is 1. The highest BCUT2D eigenvalue weighted by molar-refractivity contribution is 6.32. The number of aromatic nitrogens is 6. The standard InChI is InChI=1S/C26H20ClN7O/c1-5-17-10-14(2)18(12-30-17)23-21(22-24(28)31-13-32-25(22)34(23)4)16-6-7-20(19(27)11-16)35-26-29-9-8-15(3)33-26/h1,6-13H,2-4H3,(H2,28,31,32). The van der Waals surface area contributed by atoms with Gasteiger partial charge >= 0.3 is 6.01 Å². The molecule has 0 spiro atoms. The third-order valence-electron chi connectivity index (χ3n) is 5.70. The molecule has 0 amide bonds. The van der Waals surface area contributed by atoms with Crippen LogP contribution in [0.4, 0.5) is 5.82 Å². The summed E-state index contributed by atoms with van der Waals surface area (Å²) in [6.45, 7) is 3.85. The van der Waals surface area contributed by atoms with Gasteiger partial charge in [-0.1, -0.05) is 23.6 Å². The summed E-state index contributed by atoms with van der Waals surface area (Å²) in [5.74, 6) is 3.38. The molecule has 0 radical (unpaired) electrons. The van der Waals surface area contributed by atoms with Crippen LogP contribution < -0.4 is 10.5 Å². The number of fused-ring (bicyclic) bond motifs is 1. The van der Waals surface area contributed by atoms with Gasteiger partial charge in [-0.3, -0.25) is 0 Å². The lowest BCUT2D eigenvalue weighted by molar-refractivity contribution is 0.440. The number of nitrogen functional groups attached to an aromatic ring is 1. The average Bonchev–Trinajstić information content (AvgIpc) is 3.14. The van der Waals surface area contributed by atoms with Crippen molar-refractivity contribution in [3.8, 4) is 46.5 Å². The molecule has 0 aliphatic carbocycles. The highest BCUT2D eigenvalue weighted by atomic mass is 35.5. The van der Waals surface area contributed by atoms with Crippen LogP contribution in [0.1, 0.15) is 17.0 Å². The van der Waals surface area contributed by atoms with Gasteiger partial charge in [0.2, 0.25) is 0 Å². The summed E-state index contributed by atoms with van der Waals surface area (Å²) in [5.41, 5.74) is 12.8. The predicted molar refractivity (Wildman–Crippen MR) is 136 cm³/mol. The van der Waals surface area contributed by atoms with E-state index in [0.29, 0.717) is 27.9 Å². The van der Waals surface area contributed by atoms with Gasteiger partial charge in [-0.2, -0.15) is 0 Å². The largest absolute Gasteiger partial charge is 0.423 e. The summed E-state index contributed by atoms with van der Waals surface area (Å²) in [4.78, 5) is 21.5. The second-order valence-corrected chi connectivity index (χ2v) is 8.40. The fourth-order valence-electron chi connectivity index (χ4n) is 4.07. The zero-order chi connectivity index (χ0) is 24.7. The Bertz CT molecular complexity index is 1650. The van der Waals surface area contributed by atoms with Gasteiger partial charge in [0.1, 0.15) is 29.2 Å². The van der Waals surface area contributed by atoms with Crippen LogP contribution in [-0.4, -0.2) is 29.5 Å². The molecule has 0 aliphatic rings. The molecule has 0 fully saturated rings. The first-order valence-corrected chi connectivity index (χ1v) is 11.0. The van der Waals surface area contributed by atoms with Gasteiger partial charge in [-0.15, -0.1) is 6.42 Å². The third-order valence-corrected chi connectivity index (χ3v) is 6.00. The lowest BCUT2D eigenvalue weighted by atomic mass is 9.97. The van der Waals surface area contributed by atoms with Gasteiger partial charge in [-0.05, 0) is 49.2 Å². The molecule has 2 N–H and O–H groups in total. The van der Waals surface area contributed by atoms with Crippen molar-refractivity contribution in [3.63, 3.8) is 0 Å². The molecule has 8 nitrogen and oxygen atoms in total. The van der Waals surface area contributed by atoms with E-state index in [4.69, 9.17) is 28.5 Å². The van der Waals surface area contributed by atoms with Crippen molar-refractivity contribution in [2.45, 2.75) is 13.8 Å². The Balaban J connectivity index is 1.71. The summed E-state index contributed by atoms with van der Waals surface area (Å²) in [7, 11) is 1.93. The van der Waals surface area contributed by atoms with Crippen molar-refractivity contribution in [2.75, 3.05) is 5.73 Å². The number of anilines is 1. The monoisotopic (exact) mass is 481 g/mol. The first-order valence-electron chi connectivity index (χ1n) is 10.7. The zero-order valence-corrected chi connectivity index (χ0v) is 20.0. The number of hydrogen-bond acceptors (Lipinski definition) is 7. The summed E-state index contributed by atoms with van der Waals surface area (Å²) in [6, 6.07) is 9.38. The van der Waals surface area contributed by atoms with Crippen LogP contribution in [0.3, 0.4) is 0 Å². The number of nitrogens with zero attached hydrogens (tertiary/aromatic N) is 6. The number of terminal acetylenes is 1. The Hall–Kier alpha value is -4.48. The molecule has 1 aromatic carbocycles. The summed E-state index contributed by atoms with van der Waals surface area (Å²) < 4.78 is 7.79. The molecule has 0 aliphatic heterocycles. The molecule has 0 bridgehead atoms. The number of rotatable bonds is 4. The molecule has 0 saturated heterocycles. The van der Waals surface area contributed by atoms with Crippen molar-refractivity contribution in [2.24, 2.45) is 7.05 Å². The molecular formula is C26H20ClN7O. The first-order chi connectivity index (χ1) is 16.9. The quantitative estimate of drug-likeness (QED) is 0.355. The van der Waals surface area contributed by atoms with Gasteiger partial charge in [0.15, 0.2) is 0 Å². The average molecular weight is 482 g/mol. The molecule has 172 valence electrons. The maximum absolute atomic E-state index is 6.65. The van der Waals surface area contributed by atoms with Crippen LogP contribution in [0, 0.1) is 26.2 Å². The maximum atomic E-state index is 6.65. The lowest BCUT2D eigenvalue weighted by Crippen LogP contribution is -1.98. The molecule has 9 heteroatoms. The van der Waals surface area contributed by atoms with Crippen LogP contribution in [0.2, 0.25) is 5.02 Å². The third kappa shape index (κ3) is 3.92. The predicted octanol–water partition coefficient (Wildman–Crippen LogP) is 5.11. The van der Waals surface area contributed by atoms with E-state index in [0.717, 1.165) is 39.0 Å². The van der Waals surface area contributed by atoms with Crippen molar-refractivity contribution in [1.82, 2.24) is 29.5 Å². The van der Waals surface area contributed by atoms with Crippen LogP contribution in [0.15, 0.2) is 49.1 Å². The molecule has 0 unspecified atom stereocenters. The Labute approximate surface area is 206 Å². The van der Waals surface area contributed by atoms with Crippen molar-refractivity contribution >= 4 is 28.5 Å². The van der Waals surface area contributed by atoms with Gasteiger partial charge < -0.3 is 15.0 Å². The van der Waals surface area contributed by atoms with E-state index in [1.807, 2.05) is 43.7 Å². The Morgan fingerprint density at radius 2 is 1.91 bits per heavy atom. The smallest absolute Gasteiger partial charge is 0.322 e. The molecule has 0 atom stereocenters. The van der Waals surface area contributed by atoms with Gasteiger partial charge in [-0.25, -0.2) is 24.9 Å². The van der Waals surface area contributed by atoms with Gasteiger partial charge in [0.25, 0.3) is 0 Å². The topological polar surface area (TPSA) is 105 Å². The summed E-state index contributed by atoms with van der Waals surface area (Å²) >= 11 is 6.65. The second-order valence-electron chi connectivity index (χ2n) is 8.00. The number of nitrogens with two attached hydrogens (primary N) is 1. The van der Waals surface area contributed by atoms with E-state index >= 15 is 0 Å². The van der Waals surface area contributed by atoms with E-state index in [1.54, 1.807) is 24.5 Å². The molecule has 5 aromatic rings. The van der Waals surface area contributed by atoms with Crippen LogP contribution >= 0.6 is 11.6 Å². The Morgan fingerprint density at radius 1 is 1.09 bits per heavy atom. The molecule has 4 heterocycles. The van der Waals surface area contributed by atoms with Crippen molar-refractivity contribution in [1.29, 1.82) is 0 Å². The van der Waals surface area contributed by atoms with E-state index in [1.165, 1.54) is 6.33 Å². The van der Waals surface area contributed by atoms with Crippen molar-refractivity contribution in [3.05, 3.63) is 71.0 Å². The minimum atomic E-state index is 0.221. The fraction of sp³-hybridized carbons (Fsp3) is 0.115. The Morgan fingerprint density at radius 3 is 2.63 bits per heavy atom. The van der Waals surface area contributed by atoms with Crippen LogP contribution in [0.5, 0.6) is 11.8 Å². The molecular weight excluding hydrogens is 462 g/mol. The van der Waals surface area contributed by atoms with E-state index in [2.05, 4.69) is 30.8 Å². The highest BCUT2D eigenvalue weighted by Crippen LogP contribution is 2.44. The van der Waals surface area contributed by atoms with E-state index in [-0.39, 0.29) is 6.01 Å². The highest BCUT2D eigenvalue weighted by Gasteiger charge is 2.24. The molecule has 0 saturated carbocycles. The minimum absolute atomic E-state index is 0.221. The number of pyridine rings is 1. The number of benzene rings is 1. The number of halogens is 1. The van der Waals surface area contributed by atoms with E-state index < -0.39 is 0 Å². The number of hydrogen-bond donors (Lipinski definition) is 1. The fourth-order valence-corrected chi connectivity index (χ4v) is 4.29. The van der Waals surface area contributed by atoms with Crippen LogP contribution in [-0.2, 0) is 7.05 Å². The Kier molecular flexibility index (Phi) is 5.55. The van der Waals surface area contributed by atoms with E-state index in [9.17, 15) is 0 Å². The second kappa shape index (κ2) is 8.70.